The van der Waals surface area contributed by atoms with Gasteiger partial charge in [0.15, 0.2) is 0 Å². The molecule has 0 radical (unpaired) electrons. The predicted molar refractivity (Wildman–Crippen MR) is 138 cm³/mol. The van der Waals surface area contributed by atoms with Gasteiger partial charge in [-0.15, -0.1) is 0 Å². The molecule has 4 rings (SSSR count). The van der Waals surface area contributed by atoms with E-state index >= 15 is 0 Å². The number of sulfonamides is 1. The highest BCUT2D eigenvalue weighted by atomic mass is 32.2. The zero-order valence-corrected chi connectivity index (χ0v) is 22.6. The van der Waals surface area contributed by atoms with E-state index in [2.05, 4.69) is 14.5 Å². The minimum absolute atomic E-state index is 0.102. The van der Waals surface area contributed by atoms with E-state index in [0.717, 1.165) is 62.8 Å². The van der Waals surface area contributed by atoms with Gasteiger partial charge in [0.2, 0.25) is 15.7 Å². The quantitative estimate of drug-likeness (QED) is 0.385. The third kappa shape index (κ3) is 6.96. The minimum atomic E-state index is -4.49. The molecule has 3 heterocycles. The number of aliphatic hydroxyl groups excluding tert-OH is 1. The van der Waals surface area contributed by atoms with E-state index in [1.165, 1.54) is 22.7 Å². The van der Waals surface area contributed by atoms with Gasteiger partial charge in [-0.05, 0) is 38.3 Å². The molecule has 38 heavy (non-hydrogen) atoms. The number of aromatic nitrogens is 1. The molecule has 1 aromatic heterocycles. The van der Waals surface area contributed by atoms with Crippen molar-refractivity contribution in [2.24, 2.45) is 0 Å². The molecule has 2 aromatic rings. The van der Waals surface area contributed by atoms with E-state index in [4.69, 9.17) is 4.74 Å². The monoisotopic (exact) mass is 557 g/mol. The Morgan fingerprint density at radius 2 is 1.79 bits per heavy atom. The average molecular weight is 558 g/mol. The van der Waals surface area contributed by atoms with Gasteiger partial charge < -0.3 is 14.4 Å². The fourth-order valence-electron chi connectivity index (χ4n) is 5.28. The fourth-order valence-corrected chi connectivity index (χ4v) is 6.16. The van der Waals surface area contributed by atoms with Crippen molar-refractivity contribution in [3.05, 3.63) is 52.8 Å². The molecule has 0 saturated carbocycles. The molecule has 0 spiro atoms. The number of rotatable bonds is 8. The zero-order chi connectivity index (χ0) is 27.5. The number of nitrogens with zero attached hydrogens (tertiary/aromatic N) is 3. The number of alkyl halides is 3. The third-order valence-electron chi connectivity index (χ3n) is 7.41. The largest absolute Gasteiger partial charge is 0.459 e. The Balaban J connectivity index is 1.60. The second-order valence-corrected chi connectivity index (χ2v) is 12.0. The lowest BCUT2D eigenvalue weighted by atomic mass is 9.94. The lowest BCUT2D eigenvalue weighted by molar-refractivity contribution is -0.364. The van der Waals surface area contributed by atoms with Crippen LogP contribution in [0.2, 0.25) is 0 Å². The topological polar surface area (TPSA) is 89.0 Å². The summed E-state index contributed by atoms with van der Waals surface area (Å²) >= 11 is 0. The third-order valence-corrected chi connectivity index (χ3v) is 8.71. The molecule has 2 N–H and O–H groups in total. The Morgan fingerprint density at radius 1 is 1.11 bits per heavy atom. The Hall–Kier alpha value is -2.41. The van der Waals surface area contributed by atoms with Gasteiger partial charge in [-0.2, -0.15) is 18.2 Å². The number of hydrogen-bond donors (Lipinski definition) is 2. The maximum absolute atomic E-state index is 13.2. The molecular weight excluding hydrogens is 521 g/mol. The van der Waals surface area contributed by atoms with Gasteiger partial charge in [0.1, 0.15) is 5.56 Å². The van der Waals surface area contributed by atoms with Crippen LogP contribution in [0.1, 0.15) is 47.7 Å². The van der Waals surface area contributed by atoms with Crippen molar-refractivity contribution in [2.45, 2.75) is 44.8 Å². The molecular formula is C26H36F3N4O4S+. The van der Waals surface area contributed by atoms with Crippen molar-refractivity contribution in [3.8, 4) is 0 Å². The van der Waals surface area contributed by atoms with E-state index in [1.807, 2.05) is 13.0 Å². The lowest BCUT2D eigenvalue weighted by Gasteiger charge is -2.31. The van der Waals surface area contributed by atoms with Crippen molar-refractivity contribution in [1.29, 1.82) is 0 Å². The van der Waals surface area contributed by atoms with Gasteiger partial charge >= 0.3 is 12.1 Å². The number of hydrogen-bond acceptors (Lipinski definition) is 4. The molecule has 1 aromatic carbocycles. The summed E-state index contributed by atoms with van der Waals surface area (Å²) in [5, 5.41) is 11.0. The van der Waals surface area contributed by atoms with Gasteiger partial charge in [-0.1, -0.05) is 6.07 Å². The normalized spacial score (nSPS) is 19.2. The average Bonchev–Trinajstić information content (AvgIpc) is 3.20. The van der Waals surface area contributed by atoms with Crippen LogP contribution in [0.3, 0.4) is 0 Å². The maximum atomic E-state index is 13.2. The van der Waals surface area contributed by atoms with Crippen LogP contribution in [0, 0.1) is 6.92 Å². The summed E-state index contributed by atoms with van der Waals surface area (Å²) in [5.41, 5.74) is 1.68. The van der Waals surface area contributed by atoms with Gasteiger partial charge in [0.05, 0.1) is 25.0 Å². The summed E-state index contributed by atoms with van der Waals surface area (Å²) in [6, 6.07) is 6.61. The predicted octanol–water partition coefficient (Wildman–Crippen LogP) is 2.39. The van der Waals surface area contributed by atoms with E-state index in [-0.39, 0.29) is 17.5 Å². The Morgan fingerprint density at radius 3 is 2.42 bits per heavy atom. The number of nitrogens with one attached hydrogen (secondary N) is 1. The fraction of sp³-hybridized carbons (Fsp3) is 0.577. The first-order chi connectivity index (χ1) is 17.9. The number of aliphatic hydroxyl groups is 1. The molecule has 210 valence electrons. The molecule has 2 saturated heterocycles. The number of benzene rings is 1. The van der Waals surface area contributed by atoms with E-state index in [1.54, 1.807) is 0 Å². The first-order valence-electron chi connectivity index (χ1n) is 12.9. The number of ether oxygens (including phenoxy) is 1. The van der Waals surface area contributed by atoms with Gasteiger partial charge in [-0.25, -0.2) is 12.7 Å². The highest BCUT2D eigenvalue weighted by molar-refractivity contribution is 7.88. The number of morpholine rings is 1. The van der Waals surface area contributed by atoms with Crippen LogP contribution in [0.4, 0.5) is 18.9 Å². The molecule has 8 nitrogen and oxygen atoms in total. The summed E-state index contributed by atoms with van der Waals surface area (Å²) < 4.78 is 72.5. The van der Waals surface area contributed by atoms with Crippen LogP contribution in [0.25, 0.3) is 0 Å². The first-order valence-corrected chi connectivity index (χ1v) is 14.7. The maximum Gasteiger partial charge on any atom is 0.416 e. The molecule has 0 amide bonds. The summed E-state index contributed by atoms with van der Waals surface area (Å²) in [7, 11) is -3.26. The van der Waals surface area contributed by atoms with Crippen LogP contribution in [0.5, 0.6) is 0 Å². The SMILES string of the molecule is Cc1c(C(O)=[NH+]c2cccc(C(F)(F)F)c2)cc(C2CCN(S(C)(=O)=O)CC2)n1CCCN1CCOCC1. The number of halogens is 3. The van der Waals surface area contributed by atoms with Crippen molar-refractivity contribution in [3.63, 3.8) is 0 Å². The highest BCUT2D eigenvalue weighted by Crippen LogP contribution is 2.33. The molecule has 2 aliphatic heterocycles. The van der Waals surface area contributed by atoms with Crippen molar-refractivity contribution in [1.82, 2.24) is 13.8 Å². The van der Waals surface area contributed by atoms with Crippen LogP contribution in [0.15, 0.2) is 30.3 Å². The van der Waals surface area contributed by atoms with Crippen LogP contribution >= 0.6 is 0 Å². The Bertz CT molecular complexity index is 1250. The van der Waals surface area contributed by atoms with Gasteiger partial charge in [0.25, 0.3) is 0 Å². The van der Waals surface area contributed by atoms with Crippen molar-refractivity contribution < 1.29 is 36.4 Å². The van der Waals surface area contributed by atoms with Crippen LogP contribution in [-0.2, 0) is 27.5 Å². The first kappa shape index (κ1) is 28.6. The van der Waals surface area contributed by atoms with E-state index < -0.39 is 21.8 Å². The minimum Gasteiger partial charge on any atom is -0.459 e. The highest BCUT2D eigenvalue weighted by Gasteiger charge is 2.32. The molecule has 2 aliphatic rings. The van der Waals surface area contributed by atoms with Gasteiger partial charge in [0, 0.05) is 68.7 Å². The Kier molecular flexibility index (Phi) is 8.85. The molecule has 0 unspecified atom stereocenters. The summed E-state index contributed by atoms with van der Waals surface area (Å²) in [6.45, 7) is 7.58. The van der Waals surface area contributed by atoms with Crippen LogP contribution in [-0.4, -0.2) is 85.4 Å². The van der Waals surface area contributed by atoms with E-state index in [9.17, 15) is 26.7 Å². The van der Waals surface area contributed by atoms with E-state index in [0.29, 0.717) is 38.0 Å². The molecule has 2 fully saturated rings. The zero-order valence-electron chi connectivity index (χ0n) is 21.8. The summed E-state index contributed by atoms with van der Waals surface area (Å²) in [6.07, 6.45) is -1.08. The van der Waals surface area contributed by atoms with Crippen molar-refractivity contribution in [2.75, 3.05) is 52.2 Å². The Labute approximate surface area is 221 Å². The van der Waals surface area contributed by atoms with Crippen LogP contribution < -0.4 is 4.99 Å². The summed E-state index contributed by atoms with van der Waals surface area (Å²) in [5.74, 6) is -0.117. The van der Waals surface area contributed by atoms with Crippen molar-refractivity contribution >= 4 is 21.6 Å². The second kappa shape index (κ2) is 11.8. The molecule has 0 bridgehead atoms. The molecule has 0 aliphatic carbocycles. The lowest BCUT2D eigenvalue weighted by Crippen LogP contribution is -2.66. The smallest absolute Gasteiger partial charge is 0.416 e. The molecule has 12 heteroatoms. The second-order valence-electron chi connectivity index (χ2n) is 10.0. The number of piperidine rings is 1. The molecule has 0 atom stereocenters. The summed E-state index contributed by atoms with van der Waals surface area (Å²) in [4.78, 5) is 5.09. The standard InChI is InChI=1S/C26H35F3N4O4S/c1-19-23(25(34)30-22-6-3-5-21(17-22)26(27,28)29)18-24(20-7-11-32(12-8-20)38(2,35)36)33(19)10-4-9-31-13-15-37-16-14-31/h3,5-6,17-18,20H,4,7-16H2,1-2H3,(H,30,34)/p+1. The van der Waals surface area contributed by atoms with Gasteiger partial charge in [-0.3, -0.25) is 4.90 Å².